The number of piperazine rings is 1. The fourth-order valence-electron chi connectivity index (χ4n) is 5.58. The van der Waals surface area contributed by atoms with Gasteiger partial charge in [0.05, 0.1) is 55.1 Å². The highest BCUT2D eigenvalue weighted by Gasteiger charge is 2.16. The van der Waals surface area contributed by atoms with Crippen molar-refractivity contribution in [2.24, 2.45) is 5.73 Å². The van der Waals surface area contributed by atoms with Gasteiger partial charge in [-0.1, -0.05) is 0 Å². The van der Waals surface area contributed by atoms with Gasteiger partial charge >= 0.3 is 0 Å². The van der Waals surface area contributed by atoms with Crippen molar-refractivity contribution in [3.8, 4) is 28.5 Å². The first kappa shape index (κ1) is 32.5. The number of imidazole rings is 2. The second-order valence-electron chi connectivity index (χ2n) is 11.7. The molecule has 12 heteroatoms. The van der Waals surface area contributed by atoms with Gasteiger partial charge < -0.3 is 45.0 Å². The Labute approximate surface area is 274 Å². The van der Waals surface area contributed by atoms with Gasteiger partial charge in [0, 0.05) is 62.5 Å². The van der Waals surface area contributed by atoms with E-state index in [-0.39, 0.29) is 5.91 Å². The largest absolute Gasteiger partial charge is 0.494 e. The quantitative estimate of drug-likeness (QED) is 0.118. The summed E-state index contributed by atoms with van der Waals surface area (Å²) in [6, 6.07) is 20.5. The molecule has 248 valence electrons. The number of nitrogens with one attached hydrogen (secondary N) is 3. The molecule has 0 saturated carbocycles. The van der Waals surface area contributed by atoms with Crippen LogP contribution in [0.2, 0.25) is 0 Å². The number of rotatable bonds is 16. The molecule has 0 bridgehead atoms. The van der Waals surface area contributed by atoms with Gasteiger partial charge in [-0.15, -0.1) is 0 Å². The Hall–Kier alpha value is -4.49. The number of aromatic amines is 2. The number of hydrogen-bond acceptors (Lipinski definition) is 9. The van der Waals surface area contributed by atoms with E-state index in [2.05, 4.69) is 62.5 Å². The van der Waals surface area contributed by atoms with E-state index in [1.54, 1.807) is 0 Å². The Balaban J connectivity index is 0.982. The summed E-state index contributed by atoms with van der Waals surface area (Å²) < 4.78 is 16.5. The van der Waals surface area contributed by atoms with Crippen LogP contribution in [0.5, 0.6) is 5.75 Å². The molecule has 1 saturated heterocycles. The van der Waals surface area contributed by atoms with E-state index in [0.717, 1.165) is 76.8 Å². The van der Waals surface area contributed by atoms with Gasteiger partial charge in [-0.2, -0.15) is 0 Å². The zero-order valence-corrected chi connectivity index (χ0v) is 27.0. The summed E-state index contributed by atoms with van der Waals surface area (Å²) >= 11 is 0. The van der Waals surface area contributed by atoms with Crippen LogP contribution in [-0.2, 0) is 14.3 Å². The summed E-state index contributed by atoms with van der Waals surface area (Å²) in [6.07, 6.45) is 1.01. The number of hydrogen-bond donors (Lipinski definition) is 4. The van der Waals surface area contributed by atoms with E-state index in [1.165, 1.54) is 5.69 Å². The molecule has 0 spiro atoms. The lowest BCUT2D eigenvalue weighted by Gasteiger charge is -2.34. The predicted molar refractivity (Wildman–Crippen MR) is 185 cm³/mol. The van der Waals surface area contributed by atoms with Crippen molar-refractivity contribution >= 4 is 33.7 Å². The number of aromatic nitrogens is 4. The molecule has 1 amide bonds. The molecule has 3 heterocycles. The van der Waals surface area contributed by atoms with Crippen molar-refractivity contribution < 1.29 is 19.0 Å². The lowest BCUT2D eigenvalue weighted by molar-refractivity contribution is -0.121. The zero-order chi connectivity index (χ0) is 32.4. The molecule has 5 aromatic rings. The second kappa shape index (κ2) is 15.9. The molecule has 6 rings (SSSR count). The molecule has 0 aliphatic carbocycles. The summed E-state index contributed by atoms with van der Waals surface area (Å²) in [5.74, 6) is 2.35. The first-order chi connectivity index (χ1) is 23.1. The Morgan fingerprint density at radius 1 is 0.809 bits per heavy atom. The van der Waals surface area contributed by atoms with E-state index in [0.29, 0.717) is 59.0 Å². The minimum Gasteiger partial charge on any atom is -0.494 e. The molecule has 0 atom stereocenters. The average Bonchev–Trinajstić information content (AvgIpc) is 3.72. The highest BCUT2D eigenvalue weighted by atomic mass is 16.5. The van der Waals surface area contributed by atoms with Gasteiger partial charge in [0.15, 0.2) is 0 Å². The molecule has 1 aliphatic rings. The fourth-order valence-corrected chi connectivity index (χ4v) is 5.58. The van der Waals surface area contributed by atoms with Crippen molar-refractivity contribution in [2.75, 3.05) is 84.3 Å². The van der Waals surface area contributed by atoms with Crippen molar-refractivity contribution in [2.45, 2.75) is 12.8 Å². The number of likely N-dealkylation sites (N-methyl/N-ethyl adjacent to an activating group) is 1. The Morgan fingerprint density at radius 3 is 2.21 bits per heavy atom. The third kappa shape index (κ3) is 8.66. The van der Waals surface area contributed by atoms with Crippen LogP contribution < -0.4 is 20.7 Å². The maximum absolute atomic E-state index is 12.0. The lowest BCUT2D eigenvalue weighted by atomic mass is 10.2. The van der Waals surface area contributed by atoms with Gasteiger partial charge in [0.25, 0.3) is 0 Å². The third-order valence-corrected chi connectivity index (χ3v) is 8.24. The number of anilines is 1. The molecule has 1 aliphatic heterocycles. The molecule has 12 nitrogen and oxygen atoms in total. The topological polar surface area (TPSA) is 147 Å². The smallest absolute Gasteiger partial charge is 0.220 e. The molecule has 0 radical (unpaired) electrons. The van der Waals surface area contributed by atoms with Crippen LogP contribution in [0.1, 0.15) is 12.8 Å². The van der Waals surface area contributed by atoms with Gasteiger partial charge in [-0.05, 0) is 74.1 Å². The molecule has 3 aromatic carbocycles. The van der Waals surface area contributed by atoms with Gasteiger partial charge in [-0.25, -0.2) is 9.97 Å². The lowest BCUT2D eigenvalue weighted by Crippen LogP contribution is -2.44. The predicted octanol–water partition coefficient (Wildman–Crippen LogP) is 3.79. The number of amides is 1. The van der Waals surface area contributed by atoms with Crippen LogP contribution in [0.15, 0.2) is 60.7 Å². The monoisotopic (exact) mass is 640 g/mol. The minimum absolute atomic E-state index is 0.0179. The number of benzene rings is 3. The van der Waals surface area contributed by atoms with E-state index < -0.39 is 0 Å². The van der Waals surface area contributed by atoms with Crippen LogP contribution in [0, 0.1) is 0 Å². The summed E-state index contributed by atoms with van der Waals surface area (Å²) in [7, 11) is 2.17. The maximum atomic E-state index is 12.0. The third-order valence-electron chi connectivity index (χ3n) is 8.24. The van der Waals surface area contributed by atoms with Crippen molar-refractivity contribution in [1.82, 2.24) is 30.2 Å². The van der Waals surface area contributed by atoms with Gasteiger partial charge in [-0.3, -0.25) is 4.79 Å². The van der Waals surface area contributed by atoms with E-state index in [4.69, 9.17) is 29.9 Å². The molecule has 2 aromatic heterocycles. The van der Waals surface area contributed by atoms with Crippen LogP contribution in [0.3, 0.4) is 0 Å². The number of nitrogens with two attached hydrogens (primary N) is 1. The number of carbonyl (C=O) groups excluding carboxylic acids is 1. The van der Waals surface area contributed by atoms with Crippen LogP contribution in [0.4, 0.5) is 5.69 Å². The maximum Gasteiger partial charge on any atom is 0.220 e. The molecular weight excluding hydrogens is 596 g/mol. The number of H-pyrrole nitrogens is 2. The summed E-state index contributed by atoms with van der Waals surface area (Å²) in [5, 5.41) is 2.85. The van der Waals surface area contributed by atoms with Gasteiger partial charge in [0.1, 0.15) is 17.4 Å². The Bertz CT molecular complexity index is 1740. The molecule has 0 unspecified atom stereocenters. The highest BCUT2D eigenvalue weighted by molar-refractivity contribution is 5.87. The Kier molecular flexibility index (Phi) is 11.0. The summed E-state index contributed by atoms with van der Waals surface area (Å²) in [4.78, 5) is 33.5. The summed E-state index contributed by atoms with van der Waals surface area (Å²) in [6.45, 7) is 7.60. The van der Waals surface area contributed by atoms with Crippen LogP contribution >= 0.6 is 0 Å². The standard InChI is InChI=1S/C35H44N8O4/c1-42-14-16-43(17-15-42)27-7-11-30-32(24-27)41-35(39-30)26-6-10-29-31(23-26)40-34(38-29)25-4-8-28(9-5-25)47-18-2-3-33(44)37-13-20-46-22-21-45-19-12-36/h4-11,23-24H,2-3,12-22,36H2,1H3,(H,37,44)(H,38,40)(H,39,41). The average molecular weight is 641 g/mol. The number of fused-ring (bicyclic) bond motifs is 2. The number of nitrogens with zero attached hydrogens (tertiary/aromatic N) is 4. The fraction of sp³-hybridized carbons (Fsp3) is 0.400. The van der Waals surface area contributed by atoms with E-state index >= 15 is 0 Å². The van der Waals surface area contributed by atoms with Crippen LogP contribution in [-0.4, -0.2) is 110 Å². The molecule has 47 heavy (non-hydrogen) atoms. The van der Waals surface area contributed by atoms with E-state index in [1.807, 2.05) is 30.3 Å². The van der Waals surface area contributed by atoms with Crippen LogP contribution in [0.25, 0.3) is 44.8 Å². The SMILES string of the molecule is CN1CCN(c2ccc3nc(-c4ccc5nc(-c6ccc(OCCCC(=O)NCCOCCOCCN)cc6)[nH]c5c4)[nH]c3c2)CC1. The van der Waals surface area contributed by atoms with Crippen molar-refractivity contribution in [3.05, 3.63) is 60.7 Å². The van der Waals surface area contributed by atoms with Crippen molar-refractivity contribution in [1.29, 1.82) is 0 Å². The normalized spacial score (nSPS) is 13.9. The Morgan fingerprint density at radius 2 is 1.47 bits per heavy atom. The first-order valence-electron chi connectivity index (χ1n) is 16.3. The summed E-state index contributed by atoms with van der Waals surface area (Å²) in [5.41, 5.74) is 12.4. The van der Waals surface area contributed by atoms with Gasteiger partial charge in [0.2, 0.25) is 5.91 Å². The number of carbonyl (C=O) groups is 1. The molecule has 1 fully saturated rings. The highest BCUT2D eigenvalue weighted by Crippen LogP contribution is 2.29. The minimum atomic E-state index is -0.0179. The number of ether oxygens (including phenoxy) is 3. The zero-order valence-electron chi connectivity index (χ0n) is 27.0. The first-order valence-corrected chi connectivity index (χ1v) is 16.3. The van der Waals surface area contributed by atoms with E-state index in [9.17, 15) is 4.79 Å². The molecular formula is C35H44N8O4. The van der Waals surface area contributed by atoms with Crippen molar-refractivity contribution in [3.63, 3.8) is 0 Å². The second-order valence-corrected chi connectivity index (χ2v) is 11.7. The molecule has 5 N–H and O–H groups in total.